The van der Waals surface area contributed by atoms with E-state index in [0.717, 1.165) is 15.5 Å². The fourth-order valence-electron chi connectivity index (χ4n) is 3.60. The Kier molecular flexibility index (Phi) is 6.21. The van der Waals surface area contributed by atoms with Crippen LogP contribution in [-0.4, -0.2) is 75.6 Å². The highest BCUT2D eigenvalue weighted by molar-refractivity contribution is 9.10. The molecule has 0 spiro atoms. The van der Waals surface area contributed by atoms with Gasteiger partial charge in [-0.1, -0.05) is 0 Å². The standard InChI is InChI=1S/C20H20BrN7O4/c21-13-9-23-18-16(14(10-24-18)26-19(30)12-2-1-3-22-8-12)17(13)28-6-4-27(5-7-28)15(29)11-25-20(31)32/h1-3,8-10,25H,4-7,11H2,(H,23,24)(H,26,30)(H,31,32). The van der Waals surface area contributed by atoms with Crippen LogP contribution < -0.4 is 15.5 Å². The predicted octanol–water partition coefficient (Wildman–Crippen LogP) is 1.89. The minimum Gasteiger partial charge on any atom is -0.465 e. The normalized spacial score (nSPS) is 13.8. The molecule has 4 rings (SSSR count). The molecule has 0 bridgehead atoms. The Morgan fingerprint density at radius 2 is 1.97 bits per heavy atom. The number of carboxylic acid groups (broad SMARTS) is 1. The molecule has 0 saturated carbocycles. The Morgan fingerprint density at radius 1 is 1.19 bits per heavy atom. The van der Waals surface area contributed by atoms with Crippen LogP contribution in [0.4, 0.5) is 16.2 Å². The Bertz CT molecular complexity index is 1160. The van der Waals surface area contributed by atoms with E-state index < -0.39 is 6.09 Å². The van der Waals surface area contributed by atoms with Gasteiger partial charge in [0.05, 0.1) is 26.8 Å². The first kappa shape index (κ1) is 21.6. The van der Waals surface area contributed by atoms with Crippen LogP contribution in [0, 0.1) is 0 Å². The molecular formula is C20H20BrN7O4. The monoisotopic (exact) mass is 501 g/mol. The van der Waals surface area contributed by atoms with Gasteiger partial charge in [0.1, 0.15) is 12.2 Å². The molecule has 32 heavy (non-hydrogen) atoms. The molecule has 1 saturated heterocycles. The van der Waals surface area contributed by atoms with Crippen molar-refractivity contribution in [3.63, 3.8) is 0 Å². The third-order valence-corrected chi connectivity index (χ3v) is 5.72. The average molecular weight is 502 g/mol. The number of hydrogen-bond acceptors (Lipinski definition) is 6. The summed E-state index contributed by atoms with van der Waals surface area (Å²) in [5.41, 5.74) is 2.50. The van der Waals surface area contributed by atoms with E-state index in [1.165, 1.54) is 6.20 Å². The average Bonchev–Trinajstić information content (AvgIpc) is 3.20. The topological polar surface area (TPSA) is 144 Å². The molecule has 0 unspecified atom stereocenters. The SMILES string of the molecule is O=C(O)NCC(=O)N1CCN(c2c(Br)cnc3[nH]cc(NC(=O)c4cccnc4)c23)CC1. The first-order valence-corrected chi connectivity index (χ1v) is 10.6. The van der Waals surface area contributed by atoms with E-state index in [-0.39, 0.29) is 18.4 Å². The number of carbonyl (C=O) groups excluding carboxylic acids is 2. The molecule has 1 aliphatic rings. The highest BCUT2D eigenvalue weighted by Gasteiger charge is 2.26. The summed E-state index contributed by atoms with van der Waals surface area (Å²) in [4.78, 5) is 50.7. The zero-order chi connectivity index (χ0) is 22.7. The van der Waals surface area contributed by atoms with Gasteiger partial charge < -0.3 is 30.5 Å². The summed E-state index contributed by atoms with van der Waals surface area (Å²) in [6.07, 6.45) is 5.25. The third kappa shape index (κ3) is 4.49. The van der Waals surface area contributed by atoms with Crippen LogP contribution >= 0.6 is 15.9 Å². The predicted molar refractivity (Wildman–Crippen MR) is 121 cm³/mol. The Labute approximate surface area is 190 Å². The Hall–Kier alpha value is -3.67. The Balaban J connectivity index is 1.55. The molecular weight excluding hydrogens is 482 g/mol. The van der Waals surface area contributed by atoms with E-state index in [0.29, 0.717) is 43.1 Å². The lowest BCUT2D eigenvalue weighted by Gasteiger charge is -2.37. The second-order valence-electron chi connectivity index (χ2n) is 7.10. The van der Waals surface area contributed by atoms with Crippen molar-refractivity contribution in [2.75, 3.05) is 42.9 Å². The summed E-state index contributed by atoms with van der Waals surface area (Å²) in [6.45, 7) is 1.71. The quantitative estimate of drug-likeness (QED) is 0.417. The molecule has 3 aromatic heterocycles. The van der Waals surface area contributed by atoms with Crippen molar-refractivity contribution in [1.82, 2.24) is 25.2 Å². The van der Waals surface area contributed by atoms with Crippen molar-refractivity contribution < 1.29 is 19.5 Å². The number of anilines is 2. The number of carbonyl (C=O) groups is 3. The number of fused-ring (bicyclic) bond motifs is 1. The van der Waals surface area contributed by atoms with E-state index in [1.807, 2.05) is 0 Å². The van der Waals surface area contributed by atoms with Crippen molar-refractivity contribution >= 4 is 56.2 Å². The molecule has 0 aliphatic carbocycles. The minimum atomic E-state index is -1.23. The first-order valence-electron chi connectivity index (χ1n) is 9.80. The molecule has 1 fully saturated rings. The molecule has 0 aromatic carbocycles. The van der Waals surface area contributed by atoms with Crippen molar-refractivity contribution in [1.29, 1.82) is 0 Å². The summed E-state index contributed by atoms with van der Waals surface area (Å²) in [7, 11) is 0. The summed E-state index contributed by atoms with van der Waals surface area (Å²) < 4.78 is 0.758. The number of hydrogen-bond donors (Lipinski definition) is 4. The van der Waals surface area contributed by atoms with Crippen LogP contribution in [-0.2, 0) is 4.79 Å². The highest BCUT2D eigenvalue weighted by atomic mass is 79.9. The van der Waals surface area contributed by atoms with Gasteiger partial charge in [-0.15, -0.1) is 0 Å². The van der Waals surface area contributed by atoms with Crippen LogP contribution in [0.1, 0.15) is 10.4 Å². The van der Waals surface area contributed by atoms with E-state index in [4.69, 9.17) is 5.11 Å². The zero-order valence-corrected chi connectivity index (χ0v) is 18.4. The number of nitrogens with zero attached hydrogens (tertiary/aromatic N) is 4. The third-order valence-electron chi connectivity index (χ3n) is 5.14. The number of H-pyrrole nitrogens is 1. The smallest absolute Gasteiger partial charge is 0.405 e. The van der Waals surface area contributed by atoms with Gasteiger partial charge in [-0.2, -0.15) is 0 Å². The van der Waals surface area contributed by atoms with Crippen LogP contribution in [0.15, 0.2) is 41.4 Å². The molecule has 166 valence electrons. The molecule has 12 heteroatoms. The van der Waals surface area contributed by atoms with Crippen LogP contribution in [0.25, 0.3) is 11.0 Å². The van der Waals surface area contributed by atoms with Gasteiger partial charge in [0.15, 0.2) is 0 Å². The summed E-state index contributed by atoms with van der Waals surface area (Å²) >= 11 is 3.57. The molecule has 4 N–H and O–H groups in total. The molecule has 3 amide bonds. The fraction of sp³-hybridized carbons (Fsp3) is 0.250. The molecule has 1 aliphatic heterocycles. The number of aromatic amines is 1. The van der Waals surface area contributed by atoms with Crippen molar-refractivity contribution in [3.8, 4) is 0 Å². The van der Waals surface area contributed by atoms with Crippen LogP contribution in [0.5, 0.6) is 0 Å². The van der Waals surface area contributed by atoms with E-state index in [9.17, 15) is 14.4 Å². The number of rotatable bonds is 5. The molecule has 3 aromatic rings. The molecule has 4 heterocycles. The van der Waals surface area contributed by atoms with Crippen molar-refractivity contribution in [2.24, 2.45) is 0 Å². The van der Waals surface area contributed by atoms with Gasteiger partial charge in [-0.3, -0.25) is 14.6 Å². The summed E-state index contributed by atoms with van der Waals surface area (Å²) in [5.74, 6) is -0.552. The van der Waals surface area contributed by atoms with Gasteiger partial charge in [0.2, 0.25) is 5.91 Å². The molecule has 0 atom stereocenters. The van der Waals surface area contributed by atoms with Crippen molar-refractivity contribution in [2.45, 2.75) is 0 Å². The second kappa shape index (κ2) is 9.22. The van der Waals surface area contributed by atoms with E-state index in [1.54, 1.807) is 35.6 Å². The summed E-state index contributed by atoms with van der Waals surface area (Å²) in [6, 6.07) is 3.38. The highest BCUT2D eigenvalue weighted by Crippen LogP contribution is 2.38. The number of piperazine rings is 1. The van der Waals surface area contributed by atoms with Gasteiger partial charge in [0, 0.05) is 51.0 Å². The second-order valence-corrected chi connectivity index (χ2v) is 7.96. The van der Waals surface area contributed by atoms with Gasteiger partial charge in [-0.25, -0.2) is 9.78 Å². The zero-order valence-electron chi connectivity index (χ0n) is 16.8. The van der Waals surface area contributed by atoms with Crippen LogP contribution in [0.3, 0.4) is 0 Å². The van der Waals surface area contributed by atoms with Gasteiger partial charge >= 0.3 is 6.09 Å². The first-order chi connectivity index (χ1) is 15.4. The largest absolute Gasteiger partial charge is 0.465 e. The Morgan fingerprint density at radius 3 is 2.66 bits per heavy atom. The lowest BCUT2D eigenvalue weighted by molar-refractivity contribution is -0.130. The van der Waals surface area contributed by atoms with Gasteiger partial charge in [-0.05, 0) is 28.1 Å². The molecule has 0 radical (unpaired) electrons. The number of amides is 3. The number of nitrogens with one attached hydrogen (secondary N) is 3. The van der Waals surface area contributed by atoms with E-state index >= 15 is 0 Å². The maximum absolute atomic E-state index is 12.7. The maximum Gasteiger partial charge on any atom is 0.405 e. The fourth-order valence-corrected chi connectivity index (χ4v) is 4.15. The summed E-state index contributed by atoms with van der Waals surface area (Å²) in [5, 5.41) is 14.5. The van der Waals surface area contributed by atoms with E-state index in [2.05, 4.69) is 46.4 Å². The number of halogens is 1. The van der Waals surface area contributed by atoms with Crippen LogP contribution in [0.2, 0.25) is 0 Å². The van der Waals surface area contributed by atoms with Crippen molar-refractivity contribution in [3.05, 3.63) is 47.0 Å². The lowest BCUT2D eigenvalue weighted by atomic mass is 10.2. The van der Waals surface area contributed by atoms with Gasteiger partial charge in [0.25, 0.3) is 5.91 Å². The molecule has 11 nitrogen and oxygen atoms in total. The lowest BCUT2D eigenvalue weighted by Crippen LogP contribution is -2.51. The number of pyridine rings is 2. The maximum atomic E-state index is 12.7. The minimum absolute atomic E-state index is 0.249. The number of aromatic nitrogens is 3.